The highest BCUT2D eigenvalue weighted by atomic mass is 32.2. The predicted molar refractivity (Wildman–Crippen MR) is 121 cm³/mol. The first-order chi connectivity index (χ1) is 15.8. The molecule has 1 unspecified atom stereocenters. The normalized spacial score (nSPS) is 29.9. The van der Waals surface area contributed by atoms with Gasteiger partial charge in [-0.25, -0.2) is 4.39 Å². The Morgan fingerprint density at radius 1 is 0.844 bits per heavy atom. The van der Waals surface area contributed by atoms with Gasteiger partial charge in [0, 0.05) is 10.5 Å². The van der Waals surface area contributed by atoms with E-state index in [1.807, 2.05) is 91.0 Å². The molecule has 0 bridgehead atoms. The van der Waals surface area contributed by atoms with Crippen molar-refractivity contribution in [2.45, 2.75) is 47.7 Å². The Morgan fingerprint density at radius 3 is 2.22 bits per heavy atom. The van der Waals surface area contributed by atoms with Crippen LogP contribution in [0.15, 0.2) is 95.9 Å². The zero-order chi connectivity index (χ0) is 21.8. The van der Waals surface area contributed by atoms with Crippen LogP contribution in [0, 0.1) is 0 Å². The lowest BCUT2D eigenvalue weighted by Gasteiger charge is -2.46. The van der Waals surface area contributed by atoms with E-state index in [0.29, 0.717) is 6.61 Å². The first-order valence-corrected chi connectivity index (χ1v) is 11.6. The highest BCUT2D eigenvalue weighted by Gasteiger charge is 2.51. The highest BCUT2D eigenvalue weighted by Crippen LogP contribution is 2.41. The van der Waals surface area contributed by atoms with E-state index in [2.05, 4.69) is 0 Å². The molecular formula is C26H25FO4S. The van der Waals surface area contributed by atoms with Crippen LogP contribution < -0.4 is 0 Å². The fourth-order valence-electron chi connectivity index (χ4n) is 3.98. The number of alkyl halides is 1. The lowest BCUT2D eigenvalue weighted by Crippen LogP contribution is -2.60. The van der Waals surface area contributed by atoms with Gasteiger partial charge < -0.3 is 18.9 Å². The minimum atomic E-state index is -1.35. The molecule has 166 valence electrons. The largest absolute Gasteiger partial charge is 0.367 e. The van der Waals surface area contributed by atoms with Crippen molar-refractivity contribution in [3.8, 4) is 0 Å². The molecule has 0 N–H and O–H groups in total. The first-order valence-electron chi connectivity index (χ1n) is 10.8. The van der Waals surface area contributed by atoms with E-state index in [0.717, 1.165) is 16.0 Å². The van der Waals surface area contributed by atoms with Crippen molar-refractivity contribution in [2.24, 2.45) is 0 Å². The number of fused-ring (bicyclic) bond motifs is 1. The summed E-state index contributed by atoms with van der Waals surface area (Å²) in [4.78, 5) is 0.997. The summed E-state index contributed by atoms with van der Waals surface area (Å²) in [7, 11) is 0. The number of hydrogen-bond donors (Lipinski definition) is 0. The average Bonchev–Trinajstić information content (AvgIpc) is 2.85. The number of benzene rings is 3. The number of rotatable bonds is 6. The summed E-state index contributed by atoms with van der Waals surface area (Å²) in [5.41, 5.74) is 1.33. The molecule has 0 radical (unpaired) electrons. The van der Waals surface area contributed by atoms with Crippen LogP contribution in [0.5, 0.6) is 0 Å². The monoisotopic (exact) mass is 452 g/mol. The molecule has 2 fully saturated rings. The second kappa shape index (κ2) is 10.1. The molecule has 32 heavy (non-hydrogen) atoms. The second-order valence-electron chi connectivity index (χ2n) is 7.86. The van der Waals surface area contributed by atoms with Gasteiger partial charge in [0.25, 0.3) is 0 Å². The van der Waals surface area contributed by atoms with Gasteiger partial charge in [0.2, 0.25) is 0 Å². The topological polar surface area (TPSA) is 36.9 Å². The van der Waals surface area contributed by atoms with E-state index < -0.39 is 36.2 Å². The molecule has 6 heteroatoms. The van der Waals surface area contributed by atoms with Gasteiger partial charge in [-0.15, -0.1) is 0 Å². The lowest BCUT2D eigenvalue weighted by atomic mass is 9.99. The Labute approximate surface area is 191 Å². The summed E-state index contributed by atoms with van der Waals surface area (Å²) < 4.78 is 40.3. The fourth-order valence-corrected chi connectivity index (χ4v) is 5.12. The Morgan fingerprint density at radius 2 is 1.50 bits per heavy atom. The lowest BCUT2D eigenvalue weighted by molar-refractivity contribution is -0.313. The van der Waals surface area contributed by atoms with E-state index in [9.17, 15) is 0 Å². The number of hydrogen-bond acceptors (Lipinski definition) is 5. The van der Waals surface area contributed by atoms with Crippen LogP contribution in [0.3, 0.4) is 0 Å². The van der Waals surface area contributed by atoms with Crippen LogP contribution in [0.2, 0.25) is 0 Å². The summed E-state index contributed by atoms with van der Waals surface area (Å²) in [6.07, 6.45) is -4.01. The number of ether oxygens (including phenoxy) is 4. The van der Waals surface area contributed by atoms with Crippen molar-refractivity contribution in [2.75, 3.05) is 6.61 Å². The van der Waals surface area contributed by atoms with Crippen LogP contribution >= 0.6 is 11.8 Å². The Balaban J connectivity index is 1.35. The zero-order valence-electron chi connectivity index (χ0n) is 17.5. The molecule has 2 heterocycles. The molecule has 3 aromatic rings. The molecule has 3 aromatic carbocycles. The zero-order valence-corrected chi connectivity index (χ0v) is 18.3. The Hall–Kier alpha value is -2.22. The van der Waals surface area contributed by atoms with Gasteiger partial charge in [0.05, 0.1) is 13.2 Å². The van der Waals surface area contributed by atoms with Crippen molar-refractivity contribution < 1.29 is 23.3 Å². The molecule has 2 aliphatic rings. The summed E-state index contributed by atoms with van der Waals surface area (Å²) in [5, 5.41) is 0. The maximum absolute atomic E-state index is 15.9. The van der Waals surface area contributed by atoms with Gasteiger partial charge in [-0.05, 0) is 17.7 Å². The third-order valence-electron chi connectivity index (χ3n) is 5.62. The summed E-state index contributed by atoms with van der Waals surface area (Å²) in [6, 6.07) is 29.2. The minimum Gasteiger partial charge on any atom is -0.367 e. The SMILES string of the molecule is F[C@@H]1[C@H](OCc2ccccc2)[C@@H](Sc2ccccc2)O[C@@H]2COC(c3ccccc3)O[C@@H]12. The smallest absolute Gasteiger partial charge is 0.184 e. The summed E-state index contributed by atoms with van der Waals surface area (Å²) in [6.45, 7) is 0.568. The summed E-state index contributed by atoms with van der Waals surface area (Å²) >= 11 is 1.47. The molecule has 0 saturated carbocycles. The third kappa shape index (κ3) is 4.90. The highest BCUT2D eigenvalue weighted by molar-refractivity contribution is 7.99. The molecule has 2 aliphatic heterocycles. The van der Waals surface area contributed by atoms with Crippen LogP contribution in [0.1, 0.15) is 17.4 Å². The predicted octanol–water partition coefficient (Wildman–Crippen LogP) is 5.54. The van der Waals surface area contributed by atoms with E-state index in [1.165, 1.54) is 11.8 Å². The van der Waals surface area contributed by atoms with Gasteiger partial charge in [-0.1, -0.05) is 90.6 Å². The van der Waals surface area contributed by atoms with Crippen molar-refractivity contribution in [1.82, 2.24) is 0 Å². The van der Waals surface area contributed by atoms with Crippen molar-refractivity contribution in [3.05, 3.63) is 102 Å². The van der Waals surface area contributed by atoms with E-state index in [1.54, 1.807) is 0 Å². The second-order valence-corrected chi connectivity index (χ2v) is 9.03. The number of halogens is 1. The minimum absolute atomic E-state index is 0.266. The van der Waals surface area contributed by atoms with Gasteiger partial charge in [-0.2, -0.15) is 0 Å². The number of thioether (sulfide) groups is 1. The van der Waals surface area contributed by atoms with Crippen LogP contribution in [0.4, 0.5) is 4.39 Å². The standard InChI is InChI=1S/C26H25FO4S/c27-22-23-21(17-29-25(31-23)19-12-6-2-7-13-19)30-26(32-20-14-8-3-9-15-20)24(22)28-16-18-10-4-1-5-11-18/h1-15,21-26H,16-17H2/t21-,22+,23-,24+,25?,26-/m1/s1. The van der Waals surface area contributed by atoms with E-state index in [4.69, 9.17) is 18.9 Å². The summed E-state index contributed by atoms with van der Waals surface area (Å²) in [5.74, 6) is 0. The molecule has 0 aliphatic carbocycles. The Kier molecular flexibility index (Phi) is 6.86. The average molecular weight is 453 g/mol. The maximum Gasteiger partial charge on any atom is 0.184 e. The van der Waals surface area contributed by atoms with Gasteiger partial charge >= 0.3 is 0 Å². The van der Waals surface area contributed by atoms with Crippen LogP contribution in [0.25, 0.3) is 0 Å². The van der Waals surface area contributed by atoms with Crippen molar-refractivity contribution in [1.29, 1.82) is 0 Å². The third-order valence-corrected chi connectivity index (χ3v) is 6.77. The fraction of sp³-hybridized carbons (Fsp3) is 0.308. The maximum atomic E-state index is 15.9. The first kappa shape index (κ1) is 21.6. The van der Waals surface area contributed by atoms with E-state index in [-0.39, 0.29) is 6.61 Å². The molecule has 4 nitrogen and oxygen atoms in total. The van der Waals surface area contributed by atoms with Crippen molar-refractivity contribution >= 4 is 11.8 Å². The molecule has 5 rings (SSSR count). The molecule has 6 atom stereocenters. The van der Waals surface area contributed by atoms with Gasteiger partial charge in [0.1, 0.15) is 23.7 Å². The van der Waals surface area contributed by atoms with Crippen molar-refractivity contribution in [3.63, 3.8) is 0 Å². The molecule has 0 amide bonds. The van der Waals surface area contributed by atoms with Crippen LogP contribution in [-0.4, -0.2) is 36.5 Å². The molecule has 0 spiro atoms. The van der Waals surface area contributed by atoms with Gasteiger partial charge in [0.15, 0.2) is 12.5 Å². The van der Waals surface area contributed by atoms with E-state index >= 15 is 4.39 Å². The molecule has 2 saturated heterocycles. The van der Waals surface area contributed by atoms with Crippen LogP contribution in [-0.2, 0) is 25.6 Å². The Bertz CT molecular complexity index is 975. The quantitative estimate of drug-likeness (QED) is 0.491. The molecular weight excluding hydrogens is 427 g/mol. The van der Waals surface area contributed by atoms with Gasteiger partial charge in [-0.3, -0.25) is 0 Å². The molecule has 0 aromatic heterocycles.